The van der Waals surface area contributed by atoms with Crippen molar-refractivity contribution >= 4 is 33.3 Å². The Labute approximate surface area is 102 Å². The molecule has 4 nitrogen and oxygen atoms in total. The minimum Gasteiger partial charge on any atom is -0.396 e. The molecule has 5 heteroatoms. The van der Waals surface area contributed by atoms with Gasteiger partial charge in [0, 0.05) is 16.9 Å². The summed E-state index contributed by atoms with van der Waals surface area (Å²) in [6.45, 7) is 2.01. The van der Waals surface area contributed by atoms with Gasteiger partial charge in [-0.05, 0) is 46.6 Å². The van der Waals surface area contributed by atoms with E-state index < -0.39 is 0 Å². The molecule has 2 aromatic rings. The Bertz CT molecular complexity index is 513. The Balaban J connectivity index is 2.27. The average molecular weight is 279 g/mol. The van der Waals surface area contributed by atoms with Crippen molar-refractivity contribution in [2.75, 3.05) is 11.1 Å². The molecule has 3 N–H and O–H groups in total. The summed E-state index contributed by atoms with van der Waals surface area (Å²) in [6, 6.07) is 5.66. The third-order valence-corrected chi connectivity index (χ3v) is 2.48. The maximum absolute atomic E-state index is 5.82. The first-order valence-corrected chi connectivity index (χ1v) is 5.55. The van der Waals surface area contributed by atoms with E-state index in [4.69, 9.17) is 5.73 Å². The summed E-state index contributed by atoms with van der Waals surface area (Å²) in [5, 5.41) is 3.07. The molecule has 0 aliphatic heterocycles. The second-order valence-corrected chi connectivity index (χ2v) is 4.35. The van der Waals surface area contributed by atoms with Gasteiger partial charge in [0.25, 0.3) is 0 Å². The second kappa shape index (κ2) is 4.49. The molecule has 0 spiro atoms. The number of anilines is 3. The van der Waals surface area contributed by atoms with Gasteiger partial charge >= 0.3 is 0 Å². The number of aromatic nitrogens is 2. The molecule has 0 aliphatic carbocycles. The number of halogens is 1. The monoisotopic (exact) mass is 278 g/mol. The number of rotatable bonds is 2. The first-order chi connectivity index (χ1) is 7.65. The molecular weight excluding hydrogens is 268 g/mol. The lowest BCUT2D eigenvalue weighted by atomic mass is 10.3. The van der Waals surface area contributed by atoms with Gasteiger partial charge in [0.05, 0.1) is 5.69 Å². The third-order valence-electron chi connectivity index (χ3n) is 2.05. The average Bonchev–Trinajstić information content (AvgIpc) is 2.22. The van der Waals surface area contributed by atoms with Gasteiger partial charge in [0.1, 0.15) is 5.82 Å². The summed E-state index contributed by atoms with van der Waals surface area (Å²) in [4.78, 5) is 8.36. The van der Waals surface area contributed by atoms with Crippen molar-refractivity contribution in [2.24, 2.45) is 0 Å². The predicted molar refractivity (Wildman–Crippen MR) is 68.6 cm³/mol. The van der Waals surface area contributed by atoms with Crippen LogP contribution >= 0.6 is 15.9 Å². The quantitative estimate of drug-likeness (QED) is 0.887. The number of nitrogens with two attached hydrogens (primary N) is 1. The molecule has 0 aromatic carbocycles. The molecular formula is C11H11BrN4. The highest BCUT2D eigenvalue weighted by atomic mass is 79.9. The third kappa shape index (κ3) is 2.49. The predicted octanol–water partition coefficient (Wildman–Crippen LogP) is 2.87. The first-order valence-electron chi connectivity index (χ1n) is 4.76. The molecule has 82 valence electrons. The summed E-state index contributed by atoms with van der Waals surface area (Å²) in [5.74, 6) is 1.35. The lowest BCUT2D eigenvalue weighted by Crippen LogP contribution is -2.00. The molecule has 0 saturated heterocycles. The van der Waals surface area contributed by atoms with Crippen LogP contribution in [0, 0.1) is 6.92 Å². The van der Waals surface area contributed by atoms with Crippen molar-refractivity contribution < 1.29 is 0 Å². The van der Waals surface area contributed by atoms with E-state index in [0.29, 0.717) is 11.5 Å². The van der Waals surface area contributed by atoms with Gasteiger partial charge in [-0.1, -0.05) is 0 Å². The van der Waals surface area contributed by atoms with Gasteiger partial charge in [-0.15, -0.1) is 0 Å². The van der Waals surface area contributed by atoms with Crippen LogP contribution in [0.2, 0.25) is 0 Å². The van der Waals surface area contributed by atoms with Crippen LogP contribution in [0.5, 0.6) is 0 Å². The SMILES string of the molecule is Cc1ccnc(Nc2ncc(Br)cc2N)c1. The molecule has 2 heterocycles. The zero-order chi connectivity index (χ0) is 11.5. The largest absolute Gasteiger partial charge is 0.396 e. The molecule has 0 radical (unpaired) electrons. The Morgan fingerprint density at radius 1 is 1.31 bits per heavy atom. The number of nitrogen functional groups attached to an aromatic ring is 1. The molecule has 0 saturated carbocycles. The van der Waals surface area contributed by atoms with Crippen molar-refractivity contribution in [1.29, 1.82) is 0 Å². The van der Waals surface area contributed by atoms with Crippen LogP contribution < -0.4 is 11.1 Å². The summed E-state index contributed by atoms with van der Waals surface area (Å²) >= 11 is 3.31. The first kappa shape index (κ1) is 10.9. The molecule has 0 aliphatic rings. The zero-order valence-electron chi connectivity index (χ0n) is 8.74. The lowest BCUT2D eigenvalue weighted by Gasteiger charge is -2.07. The number of nitrogens with one attached hydrogen (secondary N) is 1. The van der Waals surface area contributed by atoms with Crippen LogP contribution in [0.15, 0.2) is 35.1 Å². The Morgan fingerprint density at radius 2 is 2.12 bits per heavy atom. The van der Waals surface area contributed by atoms with Crippen LogP contribution in [0.4, 0.5) is 17.3 Å². The van der Waals surface area contributed by atoms with Gasteiger partial charge in [0.2, 0.25) is 0 Å². The van der Waals surface area contributed by atoms with E-state index in [1.165, 1.54) is 0 Å². The highest BCUT2D eigenvalue weighted by Crippen LogP contribution is 2.22. The molecule has 16 heavy (non-hydrogen) atoms. The van der Waals surface area contributed by atoms with E-state index in [1.807, 2.05) is 19.1 Å². The van der Waals surface area contributed by atoms with Gasteiger partial charge < -0.3 is 11.1 Å². The summed E-state index contributed by atoms with van der Waals surface area (Å²) in [7, 11) is 0. The Hall–Kier alpha value is -1.62. The van der Waals surface area contributed by atoms with Gasteiger partial charge in [-0.2, -0.15) is 0 Å². The fourth-order valence-electron chi connectivity index (χ4n) is 1.29. The van der Waals surface area contributed by atoms with Crippen molar-refractivity contribution in [3.63, 3.8) is 0 Å². The van der Waals surface area contributed by atoms with E-state index in [2.05, 4.69) is 31.2 Å². The fraction of sp³-hybridized carbons (Fsp3) is 0.0909. The minimum absolute atomic E-state index is 0.581. The Kier molecular flexibility index (Phi) is 3.05. The van der Waals surface area contributed by atoms with Crippen LogP contribution in [-0.4, -0.2) is 9.97 Å². The molecule has 2 aromatic heterocycles. The van der Waals surface area contributed by atoms with Crippen molar-refractivity contribution in [1.82, 2.24) is 9.97 Å². The van der Waals surface area contributed by atoms with Crippen molar-refractivity contribution in [3.8, 4) is 0 Å². The van der Waals surface area contributed by atoms with E-state index in [0.717, 1.165) is 15.9 Å². The fourth-order valence-corrected chi connectivity index (χ4v) is 1.63. The molecule has 0 fully saturated rings. The van der Waals surface area contributed by atoms with E-state index in [-0.39, 0.29) is 0 Å². The number of aryl methyl sites for hydroxylation is 1. The summed E-state index contributed by atoms with van der Waals surface area (Å²) in [6.07, 6.45) is 3.43. The van der Waals surface area contributed by atoms with Crippen LogP contribution in [0.1, 0.15) is 5.56 Å². The van der Waals surface area contributed by atoms with Gasteiger partial charge in [-0.3, -0.25) is 0 Å². The molecule has 0 amide bonds. The number of pyridine rings is 2. The van der Waals surface area contributed by atoms with Gasteiger partial charge in [-0.25, -0.2) is 9.97 Å². The number of hydrogen-bond acceptors (Lipinski definition) is 4. The van der Waals surface area contributed by atoms with E-state index in [1.54, 1.807) is 18.5 Å². The van der Waals surface area contributed by atoms with Crippen molar-refractivity contribution in [3.05, 3.63) is 40.6 Å². The second-order valence-electron chi connectivity index (χ2n) is 3.43. The van der Waals surface area contributed by atoms with E-state index in [9.17, 15) is 0 Å². The standard InChI is InChI=1S/C11H11BrN4/c1-7-2-3-14-10(4-7)16-11-9(13)5-8(12)6-15-11/h2-6H,13H2,1H3,(H,14,15,16). The van der Waals surface area contributed by atoms with Crippen molar-refractivity contribution in [2.45, 2.75) is 6.92 Å². The molecule has 2 rings (SSSR count). The maximum Gasteiger partial charge on any atom is 0.154 e. The smallest absolute Gasteiger partial charge is 0.154 e. The highest BCUT2D eigenvalue weighted by molar-refractivity contribution is 9.10. The van der Waals surface area contributed by atoms with Crippen LogP contribution in [0.3, 0.4) is 0 Å². The Morgan fingerprint density at radius 3 is 2.81 bits per heavy atom. The minimum atomic E-state index is 0.581. The van der Waals surface area contributed by atoms with Crippen LogP contribution in [-0.2, 0) is 0 Å². The number of nitrogens with zero attached hydrogens (tertiary/aromatic N) is 2. The highest BCUT2D eigenvalue weighted by Gasteiger charge is 2.02. The molecule has 0 atom stereocenters. The molecule has 0 bridgehead atoms. The normalized spacial score (nSPS) is 10.1. The summed E-state index contributed by atoms with van der Waals surface area (Å²) in [5.41, 5.74) is 7.54. The van der Waals surface area contributed by atoms with Gasteiger partial charge in [0.15, 0.2) is 5.82 Å². The molecule has 0 unspecified atom stereocenters. The summed E-state index contributed by atoms with van der Waals surface area (Å²) < 4.78 is 0.854. The van der Waals surface area contributed by atoms with E-state index >= 15 is 0 Å². The topological polar surface area (TPSA) is 63.8 Å². The lowest BCUT2D eigenvalue weighted by molar-refractivity contribution is 1.23. The zero-order valence-corrected chi connectivity index (χ0v) is 10.3. The number of hydrogen-bond donors (Lipinski definition) is 2. The van der Waals surface area contributed by atoms with Crippen LogP contribution in [0.25, 0.3) is 0 Å². The maximum atomic E-state index is 5.82.